The van der Waals surface area contributed by atoms with Crippen molar-refractivity contribution in [2.45, 2.75) is 0 Å². The zero-order valence-corrected chi connectivity index (χ0v) is 27.9. The van der Waals surface area contributed by atoms with E-state index < -0.39 is 0 Å². The average molecular weight is 652 g/mol. The Morgan fingerprint density at radius 1 is 0.320 bits per heavy atom. The van der Waals surface area contributed by atoms with E-state index in [9.17, 15) is 0 Å². The highest BCUT2D eigenvalue weighted by Gasteiger charge is 2.18. The summed E-state index contributed by atoms with van der Waals surface area (Å²) in [5, 5.41) is 13.0. The lowest BCUT2D eigenvalue weighted by Crippen LogP contribution is -1.97. The first-order valence-corrected chi connectivity index (χ1v) is 18.0. The fraction of sp³-hybridized carbons (Fsp3) is 0. The quantitative estimate of drug-likeness (QED) is 0.168. The molecule has 0 spiro atoms. The molecule has 0 unspecified atom stereocenters. The Kier molecular flexibility index (Phi) is 5.89. The van der Waals surface area contributed by atoms with Crippen molar-refractivity contribution in [2.24, 2.45) is 0 Å². The molecule has 0 aliphatic heterocycles. The minimum absolute atomic E-state index is 1.18. The molecule has 9 aromatic carbocycles. The van der Waals surface area contributed by atoms with Crippen LogP contribution in [-0.4, -0.2) is 4.57 Å². The predicted molar refractivity (Wildman–Crippen MR) is 217 cm³/mol. The number of thiophene rings is 1. The highest BCUT2D eigenvalue weighted by atomic mass is 32.1. The summed E-state index contributed by atoms with van der Waals surface area (Å²) in [5.74, 6) is 0. The van der Waals surface area contributed by atoms with Crippen LogP contribution < -0.4 is 0 Å². The molecule has 0 saturated carbocycles. The third kappa shape index (κ3) is 3.94. The Morgan fingerprint density at radius 3 is 1.64 bits per heavy atom. The molecular weight excluding hydrogens is 623 g/mol. The van der Waals surface area contributed by atoms with Gasteiger partial charge in [0.05, 0.1) is 16.7 Å². The third-order valence-corrected chi connectivity index (χ3v) is 11.8. The molecule has 0 bridgehead atoms. The Bertz CT molecular complexity index is 3120. The van der Waals surface area contributed by atoms with Gasteiger partial charge in [0, 0.05) is 36.5 Å². The van der Waals surface area contributed by atoms with Gasteiger partial charge in [-0.2, -0.15) is 0 Å². The molecule has 11 rings (SSSR count). The van der Waals surface area contributed by atoms with Crippen LogP contribution >= 0.6 is 11.3 Å². The largest absolute Gasteiger partial charge is 0.309 e. The van der Waals surface area contributed by atoms with Gasteiger partial charge in [-0.1, -0.05) is 140 Å². The number of rotatable bonds is 3. The molecule has 0 amide bonds. The lowest BCUT2D eigenvalue weighted by Gasteiger charge is -2.16. The molecule has 0 saturated heterocycles. The van der Waals surface area contributed by atoms with Gasteiger partial charge in [-0.3, -0.25) is 0 Å². The van der Waals surface area contributed by atoms with Crippen LogP contribution in [0.5, 0.6) is 0 Å². The molecule has 1 nitrogen and oxygen atoms in total. The first-order valence-electron chi connectivity index (χ1n) is 17.2. The molecule has 0 aliphatic rings. The molecule has 2 heteroatoms. The lowest BCUT2D eigenvalue weighted by atomic mass is 9.92. The minimum atomic E-state index is 1.18. The minimum Gasteiger partial charge on any atom is -0.309 e. The normalized spacial score (nSPS) is 12.0. The highest BCUT2D eigenvalue weighted by Crippen LogP contribution is 2.43. The summed E-state index contributed by atoms with van der Waals surface area (Å²) in [4.78, 5) is 0. The van der Waals surface area contributed by atoms with E-state index >= 15 is 0 Å². The van der Waals surface area contributed by atoms with E-state index in [1.807, 2.05) is 11.3 Å². The number of hydrogen-bond donors (Lipinski definition) is 0. The van der Waals surface area contributed by atoms with E-state index in [1.165, 1.54) is 102 Å². The summed E-state index contributed by atoms with van der Waals surface area (Å²) < 4.78 is 5.14. The van der Waals surface area contributed by atoms with Crippen molar-refractivity contribution >= 4 is 85.6 Å². The van der Waals surface area contributed by atoms with Crippen LogP contribution in [0.1, 0.15) is 0 Å². The van der Waals surface area contributed by atoms with Crippen LogP contribution in [0.25, 0.3) is 102 Å². The molecule has 2 aromatic heterocycles. The van der Waals surface area contributed by atoms with Crippen molar-refractivity contribution < 1.29 is 0 Å². The second kappa shape index (κ2) is 10.6. The second-order valence-electron chi connectivity index (χ2n) is 13.2. The molecule has 0 aliphatic carbocycles. The molecule has 232 valence electrons. The highest BCUT2D eigenvalue weighted by molar-refractivity contribution is 7.26. The molecule has 2 heterocycles. The number of benzene rings is 9. The summed E-state index contributed by atoms with van der Waals surface area (Å²) >= 11 is 1.89. The van der Waals surface area contributed by atoms with Crippen LogP contribution in [0.3, 0.4) is 0 Å². The Balaban J connectivity index is 1.14. The Morgan fingerprint density at radius 2 is 0.840 bits per heavy atom. The van der Waals surface area contributed by atoms with E-state index in [4.69, 9.17) is 0 Å². The van der Waals surface area contributed by atoms with Crippen molar-refractivity contribution in [3.8, 4) is 27.9 Å². The van der Waals surface area contributed by atoms with Crippen LogP contribution in [-0.2, 0) is 0 Å². The number of fused-ring (bicyclic) bond motifs is 12. The summed E-state index contributed by atoms with van der Waals surface area (Å²) in [5.41, 5.74) is 8.58. The van der Waals surface area contributed by atoms with Crippen LogP contribution in [0.2, 0.25) is 0 Å². The van der Waals surface area contributed by atoms with Crippen molar-refractivity contribution in [1.29, 1.82) is 0 Å². The SMILES string of the molecule is c1ccc(-n2c3ccccc3c3cc(-c4cccc5c4sc4ccccc45)ccc32)c(-c2ccc3c4ccccc4c4ccccc4c3c2)c1. The van der Waals surface area contributed by atoms with E-state index in [0.717, 1.165) is 0 Å². The van der Waals surface area contributed by atoms with Gasteiger partial charge in [0.15, 0.2) is 0 Å². The summed E-state index contributed by atoms with van der Waals surface area (Å²) in [6, 6.07) is 64.9. The maximum Gasteiger partial charge on any atom is 0.0541 e. The van der Waals surface area contributed by atoms with E-state index in [1.54, 1.807) is 0 Å². The van der Waals surface area contributed by atoms with Gasteiger partial charge in [0.25, 0.3) is 0 Å². The fourth-order valence-electron chi connectivity index (χ4n) is 8.36. The van der Waals surface area contributed by atoms with Gasteiger partial charge in [0.1, 0.15) is 0 Å². The zero-order valence-electron chi connectivity index (χ0n) is 27.1. The first-order chi connectivity index (χ1) is 24.8. The molecule has 0 radical (unpaired) electrons. The molecule has 0 atom stereocenters. The van der Waals surface area contributed by atoms with Gasteiger partial charge < -0.3 is 4.57 Å². The first kappa shape index (κ1) is 27.7. The maximum absolute atomic E-state index is 2.46. The van der Waals surface area contributed by atoms with E-state index in [2.05, 4.69) is 180 Å². The molecular formula is C48H29NS. The molecule has 50 heavy (non-hydrogen) atoms. The number of para-hydroxylation sites is 2. The number of hydrogen-bond acceptors (Lipinski definition) is 1. The van der Waals surface area contributed by atoms with Crippen LogP contribution in [0.4, 0.5) is 0 Å². The van der Waals surface area contributed by atoms with Crippen LogP contribution in [0, 0.1) is 0 Å². The number of aromatic nitrogens is 1. The Labute approximate surface area is 292 Å². The van der Waals surface area contributed by atoms with Crippen LogP contribution in [0.15, 0.2) is 176 Å². The predicted octanol–water partition coefficient (Wildman–Crippen LogP) is 13.9. The second-order valence-corrected chi connectivity index (χ2v) is 14.3. The fourth-order valence-corrected chi connectivity index (χ4v) is 9.60. The van der Waals surface area contributed by atoms with E-state index in [-0.39, 0.29) is 0 Å². The summed E-state index contributed by atoms with van der Waals surface area (Å²) in [6.45, 7) is 0. The van der Waals surface area contributed by atoms with Gasteiger partial charge in [-0.25, -0.2) is 0 Å². The topological polar surface area (TPSA) is 4.93 Å². The lowest BCUT2D eigenvalue weighted by molar-refractivity contribution is 1.18. The standard InChI is InChI=1S/C48H29NS/c1-2-15-36-34(13-1)35-14-3-4-16-37(35)42-28-30(24-26-38(36)42)32-12-5-8-21-44(32)49-45-22-9-6-17-39(45)43-29-31(25-27-46(43)49)33-19-11-20-41-40-18-7-10-23-47(40)50-48(33)41/h1-29H. The molecule has 0 fully saturated rings. The van der Waals surface area contributed by atoms with Crippen molar-refractivity contribution in [1.82, 2.24) is 4.57 Å². The van der Waals surface area contributed by atoms with Crippen molar-refractivity contribution in [2.75, 3.05) is 0 Å². The summed E-state index contributed by atoms with van der Waals surface area (Å²) in [7, 11) is 0. The molecule has 11 aromatic rings. The van der Waals surface area contributed by atoms with Gasteiger partial charge in [0.2, 0.25) is 0 Å². The zero-order chi connectivity index (χ0) is 32.8. The smallest absolute Gasteiger partial charge is 0.0541 e. The monoisotopic (exact) mass is 651 g/mol. The van der Waals surface area contributed by atoms with E-state index in [0.29, 0.717) is 0 Å². The number of nitrogens with zero attached hydrogens (tertiary/aromatic N) is 1. The van der Waals surface area contributed by atoms with Gasteiger partial charge >= 0.3 is 0 Å². The summed E-state index contributed by atoms with van der Waals surface area (Å²) in [6.07, 6.45) is 0. The van der Waals surface area contributed by atoms with Crippen molar-refractivity contribution in [3.05, 3.63) is 176 Å². The average Bonchev–Trinajstić information content (AvgIpc) is 3.73. The maximum atomic E-state index is 2.46. The van der Waals surface area contributed by atoms with Gasteiger partial charge in [-0.05, 0) is 85.4 Å². The third-order valence-electron chi connectivity index (χ3n) is 10.6. The van der Waals surface area contributed by atoms with Gasteiger partial charge in [-0.15, -0.1) is 11.3 Å². The molecule has 0 N–H and O–H groups in total. The Hall–Kier alpha value is -6.22. The van der Waals surface area contributed by atoms with Crippen molar-refractivity contribution in [3.63, 3.8) is 0 Å².